The number of ether oxygens (including phenoxy) is 4. The minimum absolute atomic E-state index is 0.153. The van der Waals surface area contributed by atoms with Crippen molar-refractivity contribution in [1.29, 1.82) is 0 Å². The molecule has 0 aliphatic rings. The molecule has 3 aromatic rings. The van der Waals surface area contributed by atoms with Crippen LogP contribution in [0, 0.1) is 6.92 Å². The maximum absolute atomic E-state index is 12.8. The van der Waals surface area contributed by atoms with Gasteiger partial charge in [-0.05, 0) is 38.1 Å². The van der Waals surface area contributed by atoms with Crippen molar-refractivity contribution >= 4 is 28.5 Å². The van der Waals surface area contributed by atoms with Gasteiger partial charge in [-0.2, -0.15) is 0 Å². The molecule has 0 aliphatic heterocycles. The van der Waals surface area contributed by atoms with Crippen LogP contribution in [0.2, 0.25) is 0 Å². The molecule has 3 rings (SSSR count). The Morgan fingerprint density at radius 1 is 1.00 bits per heavy atom. The van der Waals surface area contributed by atoms with Crippen LogP contribution >= 0.6 is 0 Å². The summed E-state index contributed by atoms with van der Waals surface area (Å²) in [5.74, 6) is 0.406. The Hall–Kier alpha value is -3.68. The van der Waals surface area contributed by atoms with Crippen molar-refractivity contribution in [2.45, 2.75) is 13.8 Å². The number of hydrogen-bond acceptors (Lipinski definition) is 7. The standard InChI is InChI=1S/C22H23NO7/c1-6-29-22(25)19-12(2)15-8-7-14(11-16(15)30-19)23-21(24)13-9-17(26-3)20(28-5)18(10-13)27-4/h7-11H,6H2,1-5H3,(H,23,24). The fourth-order valence-corrected chi connectivity index (χ4v) is 3.11. The number of nitrogens with one attached hydrogen (secondary N) is 1. The second-order valence-corrected chi connectivity index (χ2v) is 6.36. The minimum atomic E-state index is -0.519. The third-order valence-corrected chi connectivity index (χ3v) is 4.58. The van der Waals surface area contributed by atoms with Crippen LogP contribution in [0.1, 0.15) is 33.4 Å². The lowest BCUT2D eigenvalue weighted by Crippen LogP contribution is -2.12. The molecule has 0 atom stereocenters. The number of aryl methyl sites for hydroxylation is 1. The molecule has 0 saturated carbocycles. The van der Waals surface area contributed by atoms with E-state index in [1.54, 1.807) is 44.2 Å². The van der Waals surface area contributed by atoms with Gasteiger partial charge in [0.2, 0.25) is 11.5 Å². The summed E-state index contributed by atoms with van der Waals surface area (Å²) >= 11 is 0. The van der Waals surface area contributed by atoms with E-state index >= 15 is 0 Å². The largest absolute Gasteiger partial charge is 0.493 e. The molecule has 0 spiro atoms. The van der Waals surface area contributed by atoms with E-state index in [2.05, 4.69) is 5.32 Å². The highest BCUT2D eigenvalue weighted by Crippen LogP contribution is 2.38. The Bertz CT molecular complexity index is 1080. The maximum Gasteiger partial charge on any atom is 0.374 e. The van der Waals surface area contributed by atoms with E-state index in [1.807, 2.05) is 0 Å². The lowest BCUT2D eigenvalue weighted by Gasteiger charge is -2.14. The average Bonchev–Trinajstić information content (AvgIpc) is 3.08. The highest BCUT2D eigenvalue weighted by molar-refractivity contribution is 6.06. The summed E-state index contributed by atoms with van der Waals surface area (Å²) in [7, 11) is 4.45. The SMILES string of the molecule is CCOC(=O)c1oc2cc(NC(=O)c3cc(OC)c(OC)c(OC)c3)ccc2c1C. The highest BCUT2D eigenvalue weighted by Gasteiger charge is 2.20. The highest BCUT2D eigenvalue weighted by atomic mass is 16.5. The van der Waals surface area contributed by atoms with Crippen LogP contribution in [0.5, 0.6) is 17.2 Å². The molecule has 1 amide bonds. The molecule has 2 aromatic carbocycles. The number of anilines is 1. The van der Waals surface area contributed by atoms with Gasteiger partial charge in [0.15, 0.2) is 11.5 Å². The van der Waals surface area contributed by atoms with Gasteiger partial charge in [-0.25, -0.2) is 4.79 Å². The Labute approximate surface area is 173 Å². The van der Waals surface area contributed by atoms with Crippen LogP contribution in [0.4, 0.5) is 5.69 Å². The number of methoxy groups -OCH3 is 3. The normalized spacial score (nSPS) is 10.6. The van der Waals surface area contributed by atoms with Crippen molar-refractivity contribution < 1.29 is 33.0 Å². The predicted molar refractivity (Wildman–Crippen MR) is 111 cm³/mol. The zero-order valence-corrected chi connectivity index (χ0v) is 17.5. The van der Waals surface area contributed by atoms with Crippen molar-refractivity contribution in [2.24, 2.45) is 0 Å². The molecule has 0 radical (unpaired) electrons. The van der Waals surface area contributed by atoms with Gasteiger partial charge in [-0.3, -0.25) is 4.79 Å². The van der Waals surface area contributed by atoms with Gasteiger partial charge in [-0.1, -0.05) is 0 Å². The maximum atomic E-state index is 12.8. The van der Waals surface area contributed by atoms with E-state index in [-0.39, 0.29) is 18.3 Å². The van der Waals surface area contributed by atoms with Crippen molar-refractivity contribution in [3.63, 3.8) is 0 Å². The number of rotatable bonds is 7. The third-order valence-electron chi connectivity index (χ3n) is 4.58. The average molecular weight is 413 g/mol. The molecule has 30 heavy (non-hydrogen) atoms. The molecule has 1 N–H and O–H groups in total. The summed E-state index contributed by atoms with van der Waals surface area (Å²) in [6, 6.07) is 8.29. The molecule has 0 saturated heterocycles. The van der Waals surface area contributed by atoms with Crippen LogP contribution in [0.3, 0.4) is 0 Å². The molecular formula is C22H23NO7. The van der Waals surface area contributed by atoms with Gasteiger partial charge in [-0.15, -0.1) is 0 Å². The quantitative estimate of drug-likeness (QED) is 0.580. The second-order valence-electron chi connectivity index (χ2n) is 6.36. The summed E-state index contributed by atoms with van der Waals surface area (Å²) in [6.07, 6.45) is 0. The first-order chi connectivity index (χ1) is 14.4. The van der Waals surface area contributed by atoms with Crippen LogP contribution < -0.4 is 19.5 Å². The molecule has 1 heterocycles. The van der Waals surface area contributed by atoms with E-state index in [0.717, 1.165) is 5.39 Å². The molecule has 8 nitrogen and oxygen atoms in total. The van der Waals surface area contributed by atoms with E-state index in [1.165, 1.54) is 21.3 Å². The monoisotopic (exact) mass is 413 g/mol. The van der Waals surface area contributed by atoms with Crippen molar-refractivity contribution in [3.8, 4) is 17.2 Å². The van der Waals surface area contributed by atoms with Gasteiger partial charge in [0.25, 0.3) is 5.91 Å². The van der Waals surface area contributed by atoms with Crippen molar-refractivity contribution in [2.75, 3.05) is 33.3 Å². The third kappa shape index (κ3) is 3.89. The molecule has 0 aliphatic carbocycles. The summed E-state index contributed by atoms with van der Waals surface area (Å²) < 4.78 is 26.5. The number of carbonyl (C=O) groups is 2. The first-order valence-electron chi connectivity index (χ1n) is 9.25. The van der Waals surface area contributed by atoms with Gasteiger partial charge in [0.1, 0.15) is 5.58 Å². The van der Waals surface area contributed by atoms with Crippen LogP contribution in [0.25, 0.3) is 11.0 Å². The topological polar surface area (TPSA) is 96.2 Å². The molecule has 0 bridgehead atoms. The number of fused-ring (bicyclic) bond motifs is 1. The molecule has 1 aromatic heterocycles. The second kappa shape index (κ2) is 8.77. The number of hydrogen-bond donors (Lipinski definition) is 1. The van der Waals surface area contributed by atoms with Crippen LogP contribution in [-0.4, -0.2) is 39.8 Å². The Morgan fingerprint density at radius 3 is 2.23 bits per heavy atom. The van der Waals surface area contributed by atoms with Gasteiger partial charge >= 0.3 is 5.97 Å². The molecule has 0 unspecified atom stereocenters. The fraction of sp³-hybridized carbons (Fsp3) is 0.273. The van der Waals surface area contributed by atoms with E-state index in [0.29, 0.717) is 39.6 Å². The van der Waals surface area contributed by atoms with E-state index < -0.39 is 5.97 Å². The number of furan rings is 1. The predicted octanol–water partition coefficient (Wildman–Crippen LogP) is 4.20. The first kappa shape index (κ1) is 21.0. The molecule has 158 valence electrons. The Balaban J connectivity index is 1.91. The minimum Gasteiger partial charge on any atom is -0.493 e. The van der Waals surface area contributed by atoms with Gasteiger partial charge < -0.3 is 28.7 Å². The molecule has 8 heteroatoms. The number of esters is 1. The summed E-state index contributed by atoms with van der Waals surface area (Å²) in [6.45, 7) is 3.77. The lowest BCUT2D eigenvalue weighted by atomic mass is 10.1. The number of carbonyl (C=O) groups excluding carboxylic acids is 2. The zero-order chi connectivity index (χ0) is 21.8. The zero-order valence-electron chi connectivity index (χ0n) is 17.5. The fourth-order valence-electron chi connectivity index (χ4n) is 3.11. The van der Waals surface area contributed by atoms with Gasteiger partial charge in [0.05, 0.1) is 27.9 Å². The lowest BCUT2D eigenvalue weighted by molar-refractivity contribution is 0.0491. The number of amides is 1. The molecule has 0 fully saturated rings. The van der Waals surface area contributed by atoms with Crippen molar-refractivity contribution in [3.05, 3.63) is 47.2 Å². The Kier molecular flexibility index (Phi) is 6.15. The van der Waals surface area contributed by atoms with Gasteiger partial charge in [0, 0.05) is 28.3 Å². The van der Waals surface area contributed by atoms with Crippen molar-refractivity contribution in [1.82, 2.24) is 0 Å². The number of benzene rings is 2. The first-order valence-corrected chi connectivity index (χ1v) is 9.25. The summed E-state index contributed by atoms with van der Waals surface area (Å²) in [4.78, 5) is 24.8. The summed E-state index contributed by atoms with van der Waals surface area (Å²) in [5, 5.41) is 3.57. The Morgan fingerprint density at radius 2 is 1.67 bits per heavy atom. The molecular weight excluding hydrogens is 390 g/mol. The van der Waals surface area contributed by atoms with E-state index in [4.69, 9.17) is 23.4 Å². The van der Waals surface area contributed by atoms with Crippen LogP contribution in [0.15, 0.2) is 34.7 Å². The smallest absolute Gasteiger partial charge is 0.374 e. The summed E-state index contributed by atoms with van der Waals surface area (Å²) in [5.41, 5.74) is 1.99. The van der Waals surface area contributed by atoms with E-state index in [9.17, 15) is 9.59 Å². The van der Waals surface area contributed by atoms with Crippen LogP contribution in [-0.2, 0) is 4.74 Å².